The fraction of sp³-hybridized carbons (Fsp3) is 0.714. The zero-order valence-electron chi connectivity index (χ0n) is 12.7. The van der Waals surface area contributed by atoms with E-state index in [4.69, 9.17) is 0 Å². The number of nitrogens with zero attached hydrogens (tertiary/aromatic N) is 1. The predicted octanol–water partition coefficient (Wildman–Crippen LogP) is 2.96. The van der Waals surface area contributed by atoms with Gasteiger partial charge in [-0.25, -0.2) is 13.4 Å². The second-order valence-electron chi connectivity index (χ2n) is 6.82. The van der Waals surface area contributed by atoms with Gasteiger partial charge in [0.15, 0.2) is 10.9 Å². The molecule has 5 nitrogen and oxygen atoms in total. The molecule has 2 aliphatic rings. The van der Waals surface area contributed by atoms with E-state index in [9.17, 15) is 13.2 Å². The topological polar surface area (TPSA) is 76.1 Å². The van der Waals surface area contributed by atoms with Gasteiger partial charge < -0.3 is 0 Å². The largest absolute Gasteiger partial charge is 0.298 e. The summed E-state index contributed by atoms with van der Waals surface area (Å²) in [5, 5.41) is 2.19. The van der Waals surface area contributed by atoms with E-state index in [1.807, 2.05) is 20.8 Å². The van der Waals surface area contributed by atoms with Gasteiger partial charge in [-0.05, 0) is 31.1 Å². The summed E-state index contributed by atoms with van der Waals surface area (Å²) in [5.74, 6) is 0.166. The van der Waals surface area contributed by atoms with Crippen LogP contribution in [0.4, 0.5) is 5.13 Å². The number of alkyl halides is 1. The van der Waals surface area contributed by atoms with Crippen LogP contribution in [0.2, 0.25) is 0 Å². The third-order valence-electron chi connectivity index (χ3n) is 5.53. The summed E-state index contributed by atoms with van der Waals surface area (Å²) in [4.78, 5) is 16.4. The minimum Gasteiger partial charge on any atom is -0.298 e. The zero-order valence-corrected chi connectivity index (χ0v) is 15.9. The van der Waals surface area contributed by atoms with Gasteiger partial charge >= 0.3 is 0 Å². The molecule has 1 N–H and O–H groups in total. The SMILES string of the molecule is Cc1csc(NS(=O)(=O)C[C@@]2(C)[C@@H]3CC[C@@]2(C)C(=O)[C@@H]3Br)n1. The fourth-order valence-corrected chi connectivity index (χ4v) is 8.21. The lowest BCUT2D eigenvalue weighted by atomic mass is 9.70. The predicted molar refractivity (Wildman–Crippen MR) is 90.9 cm³/mol. The molecule has 122 valence electrons. The van der Waals surface area contributed by atoms with Gasteiger partial charge in [-0.3, -0.25) is 9.52 Å². The number of aryl methyl sites for hydroxylation is 1. The Bertz CT molecular complexity index is 732. The summed E-state index contributed by atoms with van der Waals surface area (Å²) >= 11 is 4.75. The molecule has 0 radical (unpaired) electrons. The molecule has 1 heterocycles. The standard InChI is InChI=1S/C14H19BrN2O3S2/c1-8-6-21-12(16-8)17-22(19,20)7-14(3)9-4-5-13(14,2)11(18)10(9)15/h6,9-10H,4-5,7H2,1-3H3,(H,16,17)/t9-,10-,13+,14+/m1/s1. The summed E-state index contributed by atoms with van der Waals surface area (Å²) in [5.41, 5.74) is -0.326. The van der Waals surface area contributed by atoms with Crippen molar-refractivity contribution in [1.29, 1.82) is 0 Å². The molecule has 0 aliphatic heterocycles. The van der Waals surface area contributed by atoms with Gasteiger partial charge in [-0.2, -0.15) is 0 Å². The van der Waals surface area contributed by atoms with Crippen molar-refractivity contribution in [2.24, 2.45) is 16.7 Å². The molecule has 2 saturated carbocycles. The number of nitrogens with one attached hydrogen (secondary N) is 1. The highest BCUT2D eigenvalue weighted by Gasteiger charge is 2.68. The van der Waals surface area contributed by atoms with E-state index in [-0.39, 0.29) is 22.3 Å². The Morgan fingerprint density at radius 1 is 1.50 bits per heavy atom. The molecule has 2 aliphatic carbocycles. The Labute approximate surface area is 143 Å². The van der Waals surface area contributed by atoms with Gasteiger partial charge in [0, 0.05) is 10.8 Å². The van der Waals surface area contributed by atoms with Gasteiger partial charge in [0.25, 0.3) is 0 Å². The van der Waals surface area contributed by atoms with Crippen LogP contribution < -0.4 is 4.72 Å². The van der Waals surface area contributed by atoms with E-state index in [0.717, 1.165) is 18.5 Å². The molecule has 22 heavy (non-hydrogen) atoms. The molecule has 0 spiro atoms. The number of halogens is 1. The minimum absolute atomic E-state index is 0.0480. The van der Waals surface area contributed by atoms with Crippen molar-refractivity contribution < 1.29 is 13.2 Å². The van der Waals surface area contributed by atoms with E-state index >= 15 is 0 Å². The van der Waals surface area contributed by atoms with E-state index in [0.29, 0.717) is 5.13 Å². The number of carbonyl (C=O) groups is 1. The quantitative estimate of drug-likeness (QED) is 0.779. The Morgan fingerprint density at radius 2 is 2.18 bits per heavy atom. The third-order valence-corrected chi connectivity index (χ3v) is 9.08. The maximum absolute atomic E-state index is 12.6. The van der Waals surface area contributed by atoms with Crippen molar-refractivity contribution in [1.82, 2.24) is 4.98 Å². The lowest BCUT2D eigenvalue weighted by Gasteiger charge is -2.35. The Balaban J connectivity index is 1.87. The second-order valence-corrected chi connectivity index (χ2v) is 10.4. The number of thiazole rings is 1. The summed E-state index contributed by atoms with van der Waals surface area (Å²) in [6, 6.07) is 0. The maximum atomic E-state index is 12.6. The second kappa shape index (κ2) is 5.01. The molecule has 2 bridgehead atoms. The van der Waals surface area contributed by atoms with Crippen molar-refractivity contribution in [3.05, 3.63) is 11.1 Å². The number of sulfonamides is 1. The average molecular weight is 407 g/mol. The van der Waals surface area contributed by atoms with Crippen LogP contribution in [-0.4, -0.2) is 29.8 Å². The first kappa shape index (κ1) is 16.4. The van der Waals surface area contributed by atoms with E-state index in [1.54, 1.807) is 5.38 Å². The first-order valence-electron chi connectivity index (χ1n) is 7.20. The number of fused-ring (bicyclic) bond motifs is 2. The molecule has 0 amide bonds. The molecule has 0 unspecified atom stereocenters. The number of hydrogen-bond acceptors (Lipinski definition) is 5. The van der Waals surface area contributed by atoms with Crippen molar-refractivity contribution >= 4 is 48.2 Å². The lowest BCUT2D eigenvalue weighted by Crippen LogP contribution is -2.41. The number of Topliss-reactive ketones (excluding diaryl/α,β-unsaturated/α-hetero) is 1. The summed E-state index contributed by atoms with van der Waals surface area (Å²) in [6.45, 7) is 5.68. The minimum atomic E-state index is -3.55. The summed E-state index contributed by atoms with van der Waals surface area (Å²) in [7, 11) is -3.55. The Kier molecular flexibility index (Phi) is 3.73. The summed E-state index contributed by atoms with van der Waals surface area (Å²) in [6.07, 6.45) is 1.65. The van der Waals surface area contributed by atoms with Gasteiger partial charge in [0.05, 0.1) is 16.3 Å². The van der Waals surface area contributed by atoms with Crippen molar-refractivity contribution in [2.45, 2.75) is 38.4 Å². The molecule has 1 aromatic heterocycles. The van der Waals surface area contributed by atoms with Crippen LogP contribution in [0.5, 0.6) is 0 Å². The van der Waals surface area contributed by atoms with Crippen LogP contribution in [0, 0.1) is 23.7 Å². The molecule has 1 aromatic rings. The van der Waals surface area contributed by atoms with Gasteiger partial charge in [0.2, 0.25) is 10.0 Å². The first-order chi connectivity index (χ1) is 10.1. The average Bonchev–Trinajstić information content (AvgIpc) is 2.93. The zero-order chi connectivity index (χ0) is 16.3. The van der Waals surface area contributed by atoms with Crippen LogP contribution in [0.15, 0.2) is 5.38 Å². The van der Waals surface area contributed by atoms with Crippen LogP contribution >= 0.6 is 27.3 Å². The third kappa shape index (κ3) is 2.26. The number of anilines is 1. The summed E-state index contributed by atoms with van der Waals surface area (Å²) < 4.78 is 27.7. The molecule has 0 aromatic carbocycles. The van der Waals surface area contributed by atoms with Crippen LogP contribution in [0.3, 0.4) is 0 Å². The number of ketones is 1. The van der Waals surface area contributed by atoms with Gasteiger partial charge in [-0.1, -0.05) is 29.8 Å². The Morgan fingerprint density at radius 3 is 2.68 bits per heavy atom. The number of aromatic nitrogens is 1. The smallest absolute Gasteiger partial charge is 0.235 e. The Hall–Kier alpha value is -0.470. The van der Waals surface area contributed by atoms with E-state index in [1.165, 1.54) is 11.3 Å². The highest BCUT2D eigenvalue weighted by atomic mass is 79.9. The molecule has 4 atom stereocenters. The highest BCUT2D eigenvalue weighted by molar-refractivity contribution is 9.10. The highest BCUT2D eigenvalue weighted by Crippen LogP contribution is 2.65. The van der Waals surface area contributed by atoms with Crippen LogP contribution in [-0.2, 0) is 14.8 Å². The monoisotopic (exact) mass is 406 g/mol. The van der Waals surface area contributed by atoms with E-state index < -0.39 is 20.9 Å². The molecule has 0 saturated heterocycles. The van der Waals surface area contributed by atoms with Crippen LogP contribution in [0.25, 0.3) is 0 Å². The molecular formula is C14H19BrN2O3S2. The molecule has 3 rings (SSSR count). The number of hydrogen-bond donors (Lipinski definition) is 1. The lowest BCUT2D eigenvalue weighted by molar-refractivity contribution is -0.127. The van der Waals surface area contributed by atoms with Crippen molar-refractivity contribution in [3.63, 3.8) is 0 Å². The normalized spacial score (nSPS) is 37.7. The van der Waals surface area contributed by atoms with Gasteiger partial charge in [-0.15, -0.1) is 11.3 Å². The van der Waals surface area contributed by atoms with E-state index in [2.05, 4.69) is 25.6 Å². The van der Waals surface area contributed by atoms with Crippen molar-refractivity contribution in [2.75, 3.05) is 10.5 Å². The molecule has 8 heteroatoms. The van der Waals surface area contributed by atoms with Gasteiger partial charge in [0.1, 0.15) is 0 Å². The maximum Gasteiger partial charge on any atom is 0.235 e. The first-order valence-corrected chi connectivity index (χ1v) is 10.6. The number of rotatable bonds is 4. The number of carbonyl (C=O) groups excluding carboxylic acids is 1. The van der Waals surface area contributed by atoms with Crippen LogP contribution in [0.1, 0.15) is 32.4 Å². The molecular weight excluding hydrogens is 388 g/mol. The van der Waals surface area contributed by atoms with Crippen molar-refractivity contribution in [3.8, 4) is 0 Å². The molecule has 2 fully saturated rings. The fourth-order valence-electron chi connectivity index (χ4n) is 4.05.